The highest BCUT2D eigenvalue weighted by Crippen LogP contribution is 2.17. The first-order valence-corrected chi connectivity index (χ1v) is 6.59. The quantitative estimate of drug-likeness (QED) is 0.880. The molecule has 3 nitrogen and oxygen atoms in total. The Morgan fingerprint density at radius 1 is 1.21 bits per heavy atom. The van der Waals surface area contributed by atoms with Crippen molar-refractivity contribution in [1.29, 1.82) is 0 Å². The summed E-state index contributed by atoms with van der Waals surface area (Å²) in [4.78, 5) is 11.3. The van der Waals surface area contributed by atoms with Gasteiger partial charge in [0.15, 0.2) is 0 Å². The van der Waals surface area contributed by atoms with Gasteiger partial charge in [0.25, 0.3) is 0 Å². The minimum Gasteiger partial charge on any atom is -0.354 e. The number of benzene rings is 2. The standard InChI is InChI=1S/C16H20N2O/c1-11-3-5-15-10-13(4-6-14(15)9-11)7-8-18-16(19)12(2)17/h3-6,9-10,12H,7-8,17H2,1-2H3,(H,18,19). The third-order valence-electron chi connectivity index (χ3n) is 3.19. The number of amides is 1. The van der Waals surface area contributed by atoms with Crippen molar-refractivity contribution in [3.63, 3.8) is 0 Å². The minimum atomic E-state index is -0.445. The second-order valence-electron chi connectivity index (χ2n) is 5.01. The molecule has 2 rings (SSSR count). The number of rotatable bonds is 4. The molecule has 0 fully saturated rings. The van der Waals surface area contributed by atoms with Gasteiger partial charge in [-0.3, -0.25) is 4.79 Å². The van der Waals surface area contributed by atoms with Crippen molar-refractivity contribution in [2.75, 3.05) is 6.54 Å². The summed E-state index contributed by atoms with van der Waals surface area (Å²) in [7, 11) is 0. The van der Waals surface area contributed by atoms with E-state index < -0.39 is 6.04 Å². The van der Waals surface area contributed by atoms with E-state index in [4.69, 9.17) is 5.73 Å². The van der Waals surface area contributed by atoms with Gasteiger partial charge in [-0.25, -0.2) is 0 Å². The average molecular weight is 256 g/mol. The van der Waals surface area contributed by atoms with Gasteiger partial charge in [0.1, 0.15) is 0 Å². The van der Waals surface area contributed by atoms with E-state index in [0.717, 1.165) is 6.42 Å². The maximum Gasteiger partial charge on any atom is 0.236 e. The highest BCUT2D eigenvalue weighted by atomic mass is 16.2. The largest absolute Gasteiger partial charge is 0.354 e. The van der Waals surface area contributed by atoms with Crippen molar-refractivity contribution in [2.24, 2.45) is 5.73 Å². The zero-order chi connectivity index (χ0) is 13.8. The molecule has 3 heteroatoms. The molecule has 0 saturated heterocycles. The monoisotopic (exact) mass is 256 g/mol. The molecule has 0 aliphatic carbocycles. The van der Waals surface area contributed by atoms with Crippen LogP contribution in [0.2, 0.25) is 0 Å². The molecule has 3 N–H and O–H groups in total. The molecule has 1 amide bonds. The van der Waals surface area contributed by atoms with Crippen molar-refractivity contribution < 1.29 is 4.79 Å². The summed E-state index contributed by atoms with van der Waals surface area (Å²) < 4.78 is 0. The van der Waals surface area contributed by atoms with Crippen LogP contribution in [0.5, 0.6) is 0 Å². The van der Waals surface area contributed by atoms with Crippen LogP contribution >= 0.6 is 0 Å². The third kappa shape index (κ3) is 3.55. The number of hydrogen-bond donors (Lipinski definition) is 2. The van der Waals surface area contributed by atoms with Crippen LogP contribution in [-0.4, -0.2) is 18.5 Å². The van der Waals surface area contributed by atoms with Crippen LogP contribution in [0, 0.1) is 6.92 Å². The van der Waals surface area contributed by atoms with Gasteiger partial charge in [-0.2, -0.15) is 0 Å². The number of fused-ring (bicyclic) bond motifs is 1. The normalized spacial score (nSPS) is 12.4. The van der Waals surface area contributed by atoms with Gasteiger partial charge in [-0.05, 0) is 36.6 Å². The smallest absolute Gasteiger partial charge is 0.236 e. The van der Waals surface area contributed by atoms with Crippen LogP contribution in [0.25, 0.3) is 10.8 Å². The maximum atomic E-state index is 11.3. The first-order valence-electron chi connectivity index (χ1n) is 6.59. The van der Waals surface area contributed by atoms with E-state index >= 15 is 0 Å². The molecule has 0 aliphatic heterocycles. The predicted octanol–water partition coefficient (Wildman–Crippen LogP) is 2.15. The Hall–Kier alpha value is -1.87. The van der Waals surface area contributed by atoms with E-state index in [-0.39, 0.29) is 5.91 Å². The summed E-state index contributed by atoms with van der Waals surface area (Å²) in [5.41, 5.74) is 7.98. The van der Waals surface area contributed by atoms with Gasteiger partial charge in [0, 0.05) is 6.54 Å². The molecule has 0 bridgehead atoms. The predicted molar refractivity (Wildman–Crippen MR) is 79.0 cm³/mol. The summed E-state index contributed by atoms with van der Waals surface area (Å²) in [5.74, 6) is -0.101. The van der Waals surface area contributed by atoms with Crippen LogP contribution in [0.4, 0.5) is 0 Å². The molecule has 0 spiro atoms. The number of hydrogen-bond acceptors (Lipinski definition) is 2. The maximum absolute atomic E-state index is 11.3. The van der Waals surface area contributed by atoms with Gasteiger partial charge < -0.3 is 11.1 Å². The Labute approximate surface area is 113 Å². The fraction of sp³-hybridized carbons (Fsp3) is 0.312. The summed E-state index contributed by atoms with van der Waals surface area (Å²) >= 11 is 0. The molecule has 0 radical (unpaired) electrons. The van der Waals surface area contributed by atoms with Crippen molar-refractivity contribution in [2.45, 2.75) is 26.3 Å². The molecular formula is C16H20N2O. The zero-order valence-electron chi connectivity index (χ0n) is 11.4. The van der Waals surface area contributed by atoms with Crippen LogP contribution in [0.3, 0.4) is 0 Å². The van der Waals surface area contributed by atoms with Gasteiger partial charge in [-0.1, -0.05) is 42.0 Å². The Balaban J connectivity index is 2.02. The fourth-order valence-electron chi connectivity index (χ4n) is 2.06. The second-order valence-corrected chi connectivity index (χ2v) is 5.01. The Bertz CT molecular complexity index is 590. The topological polar surface area (TPSA) is 55.1 Å². The summed E-state index contributed by atoms with van der Waals surface area (Å²) in [6, 6.07) is 12.4. The fourth-order valence-corrected chi connectivity index (χ4v) is 2.06. The van der Waals surface area contributed by atoms with E-state index in [2.05, 4.69) is 48.6 Å². The van der Waals surface area contributed by atoms with E-state index in [0.29, 0.717) is 6.54 Å². The average Bonchev–Trinajstić information content (AvgIpc) is 2.38. The van der Waals surface area contributed by atoms with Crippen molar-refractivity contribution >= 4 is 16.7 Å². The minimum absolute atomic E-state index is 0.101. The second kappa shape index (κ2) is 5.85. The van der Waals surface area contributed by atoms with E-state index in [1.807, 2.05) is 0 Å². The summed E-state index contributed by atoms with van der Waals surface area (Å²) in [6.45, 7) is 4.41. The van der Waals surface area contributed by atoms with Gasteiger partial charge in [0.2, 0.25) is 5.91 Å². The number of nitrogens with one attached hydrogen (secondary N) is 1. The van der Waals surface area contributed by atoms with E-state index in [1.54, 1.807) is 6.92 Å². The molecular weight excluding hydrogens is 236 g/mol. The molecule has 0 saturated carbocycles. The first-order chi connectivity index (χ1) is 9.06. The molecule has 2 aromatic rings. The summed E-state index contributed by atoms with van der Waals surface area (Å²) in [5, 5.41) is 5.31. The zero-order valence-corrected chi connectivity index (χ0v) is 11.4. The Morgan fingerprint density at radius 2 is 1.89 bits per heavy atom. The molecule has 19 heavy (non-hydrogen) atoms. The van der Waals surface area contributed by atoms with Crippen LogP contribution < -0.4 is 11.1 Å². The SMILES string of the molecule is Cc1ccc2cc(CCNC(=O)C(C)N)ccc2c1. The molecule has 100 valence electrons. The van der Waals surface area contributed by atoms with E-state index in [9.17, 15) is 4.79 Å². The number of carbonyl (C=O) groups is 1. The van der Waals surface area contributed by atoms with Gasteiger partial charge in [-0.15, -0.1) is 0 Å². The van der Waals surface area contributed by atoms with Crippen molar-refractivity contribution in [3.05, 3.63) is 47.5 Å². The Morgan fingerprint density at radius 3 is 2.63 bits per heavy atom. The molecule has 1 unspecified atom stereocenters. The van der Waals surface area contributed by atoms with Crippen molar-refractivity contribution in [1.82, 2.24) is 5.32 Å². The van der Waals surface area contributed by atoms with E-state index in [1.165, 1.54) is 21.9 Å². The highest BCUT2D eigenvalue weighted by Gasteiger charge is 2.05. The highest BCUT2D eigenvalue weighted by molar-refractivity contribution is 5.84. The van der Waals surface area contributed by atoms with Gasteiger partial charge in [0.05, 0.1) is 6.04 Å². The lowest BCUT2D eigenvalue weighted by Crippen LogP contribution is -2.39. The van der Waals surface area contributed by atoms with Gasteiger partial charge >= 0.3 is 0 Å². The summed E-state index contributed by atoms with van der Waals surface area (Å²) in [6.07, 6.45) is 0.822. The number of carbonyl (C=O) groups excluding carboxylic acids is 1. The number of aryl methyl sites for hydroxylation is 1. The van der Waals surface area contributed by atoms with Crippen LogP contribution in [-0.2, 0) is 11.2 Å². The molecule has 0 heterocycles. The first kappa shape index (κ1) is 13.6. The lowest BCUT2D eigenvalue weighted by Gasteiger charge is -2.08. The third-order valence-corrected chi connectivity index (χ3v) is 3.19. The molecule has 0 aliphatic rings. The van der Waals surface area contributed by atoms with Crippen LogP contribution in [0.15, 0.2) is 36.4 Å². The lowest BCUT2D eigenvalue weighted by atomic mass is 10.0. The molecule has 1 atom stereocenters. The molecule has 2 aromatic carbocycles. The van der Waals surface area contributed by atoms with Crippen molar-refractivity contribution in [3.8, 4) is 0 Å². The molecule has 0 aromatic heterocycles. The number of nitrogens with two attached hydrogens (primary N) is 1. The Kier molecular flexibility index (Phi) is 4.17. The van der Waals surface area contributed by atoms with Crippen LogP contribution in [0.1, 0.15) is 18.1 Å². The lowest BCUT2D eigenvalue weighted by molar-refractivity contribution is -0.121.